The van der Waals surface area contributed by atoms with Gasteiger partial charge in [0.2, 0.25) is 5.91 Å². The van der Waals surface area contributed by atoms with Crippen LogP contribution in [0.4, 0.5) is 4.39 Å². The number of carbonyl (C=O) groups is 1. The van der Waals surface area contributed by atoms with Crippen molar-refractivity contribution in [1.29, 1.82) is 0 Å². The standard InChI is InChI=1S/C21H28FN3O3/c1-14(2)6-5-7-15(3)23-20(26)13-25-21(27)11-10-18(24-25)17-9-8-16(22)12-19(17)28-4/h8-12,14-15H,5-7,13H2,1-4H3,(H,23,26)/t15-/m1/s1. The smallest absolute Gasteiger partial charge is 0.267 e. The number of methoxy groups -OCH3 is 1. The van der Waals surface area contributed by atoms with Crippen molar-refractivity contribution in [2.75, 3.05) is 7.11 Å². The maximum atomic E-state index is 13.4. The molecule has 1 N–H and O–H groups in total. The van der Waals surface area contributed by atoms with Gasteiger partial charge in [-0.15, -0.1) is 0 Å². The third kappa shape index (κ3) is 6.18. The molecular formula is C21H28FN3O3. The van der Waals surface area contributed by atoms with Gasteiger partial charge in [0, 0.05) is 23.7 Å². The van der Waals surface area contributed by atoms with Crippen LogP contribution < -0.4 is 15.6 Å². The molecule has 0 saturated heterocycles. The second kappa shape index (κ2) is 10.0. The number of nitrogens with zero attached hydrogens (tertiary/aromatic N) is 2. The van der Waals surface area contributed by atoms with Gasteiger partial charge >= 0.3 is 0 Å². The van der Waals surface area contributed by atoms with Crippen LogP contribution >= 0.6 is 0 Å². The van der Waals surface area contributed by atoms with Gasteiger partial charge < -0.3 is 10.1 Å². The molecular weight excluding hydrogens is 361 g/mol. The van der Waals surface area contributed by atoms with Gasteiger partial charge in [0.1, 0.15) is 18.1 Å². The van der Waals surface area contributed by atoms with Crippen molar-refractivity contribution in [1.82, 2.24) is 15.1 Å². The molecule has 2 rings (SSSR count). The van der Waals surface area contributed by atoms with E-state index in [9.17, 15) is 14.0 Å². The molecule has 0 aliphatic rings. The van der Waals surface area contributed by atoms with Crippen LogP contribution in [0, 0.1) is 11.7 Å². The van der Waals surface area contributed by atoms with Gasteiger partial charge in [0.25, 0.3) is 5.56 Å². The summed E-state index contributed by atoms with van der Waals surface area (Å²) in [6.07, 6.45) is 3.04. The fourth-order valence-corrected chi connectivity index (χ4v) is 2.94. The molecule has 1 amide bonds. The molecule has 1 heterocycles. The summed E-state index contributed by atoms with van der Waals surface area (Å²) in [5.74, 6) is 0.243. The van der Waals surface area contributed by atoms with Crippen molar-refractivity contribution in [3.8, 4) is 17.0 Å². The zero-order chi connectivity index (χ0) is 20.7. The average molecular weight is 389 g/mol. The van der Waals surface area contributed by atoms with Gasteiger partial charge in [-0.3, -0.25) is 9.59 Å². The van der Waals surface area contributed by atoms with Crippen molar-refractivity contribution in [2.24, 2.45) is 5.92 Å². The Kier molecular flexibility index (Phi) is 7.72. The van der Waals surface area contributed by atoms with E-state index in [1.165, 1.54) is 37.4 Å². The van der Waals surface area contributed by atoms with Crippen LogP contribution in [0.2, 0.25) is 0 Å². The van der Waals surface area contributed by atoms with Crippen LogP contribution in [0.15, 0.2) is 35.1 Å². The van der Waals surface area contributed by atoms with Crippen LogP contribution in [-0.2, 0) is 11.3 Å². The molecule has 1 atom stereocenters. The summed E-state index contributed by atoms with van der Waals surface area (Å²) >= 11 is 0. The lowest BCUT2D eigenvalue weighted by Crippen LogP contribution is -2.38. The van der Waals surface area contributed by atoms with Gasteiger partial charge in [0.15, 0.2) is 0 Å². The molecule has 1 aromatic heterocycles. The van der Waals surface area contributed by atoms with Crippen molar-refractivity contribution in [2.45, 2.75) is 52.6 Å². The second-order valence-electron chi connectivity index (χ2n) is 7.35. The molecule has 0 bridgehead atoms. The lowest BCUT2D eigenvalue weighted by molar-refractivity contribution is -0.122. The van der Waals surface area contributed by atoms with Gasteiger partial charge in [-0.2, -0.15) is 5.10 Å². The van der Waals surface area contributed by atoms with Crippen LogP contribution in [0.1, 0.15) is 40.0 Å². The minimum atomic E-state index is -0.431. The quantitative estimate of drug-likeness (QED) is 0.713. The number of hydrogen-bond acceptors (Lipinski definition) is 4. The first-order valence-corrected chi connectivity index (χ1v) is 9.51. The third-order valence-corrected chi connectivity index (χ3v) is 4.43. The molecule has 0 spiro atoms. The number of benzene rings is 1. The Morgan fingerprint density at radius 1 is 1.21 bits per heavy atom. The zero-order valence-electron chi connectivity index (χ0n) is 16.9. The van der Waals surface area contributed by atoms with E-state index in [2.05, 4.69) is 24.3 Å². The van der Waals surface area contributed by atoms with E-state index >= 15 is 0 Å². The monoisotopic (exact) mass is 389 g/mol. The highest BCUT2D eigenvalue weighted by atomic mass is 19.1. The summed E-state index contributed by atoms with van der Waals surface area (Å²) in [5, 5.41) is 7.16. The lowest BCUT2D eigenvalue weighted by Gasteiger charge is -2.15. The molecule has 0 aliphatic carbocycles. The molecule has 0 aliphatic heterocycles. The maximum absolute atomic E-state index is 13.4. The fraction of sp³-hybridized carbons (Fsp3) is 0.476. The lowest BCUT2D eigenvalue weighted by atomic mass is 10.0. The summed E-state index contributed by atoms with van der Waals surface area (Å²) in [6.45, 7) is 6.12. The SMILES string of the molecule is COc1cc(F)ccc1-c1ccc(=O)n(CC(=O)N[C@H](C)CCCC(C)C)n1. The molecule has 0 saturated carbocycles. The van der Waals surface area contributed by atoms with Gasteiger partial charge in [-0.25, -0.2) is 9.07 Å². The molecule has 152 valence electrons. The number of aromatic nitrogens is 2. The molecule has 0 radical (unpaired) electrons. The Bertz CT molecular complexity index is 864. The molecule has 28 heavy (non-hydrogen) atoms. The zero-order valence-corrected chi connectivity index (χ0v) is 16.9. The largest absolute Gasteiger partial charge is 0.496 e. The Morgan fingerprint density at radius 3 is 2.64 bits per heavy atom. The summed E-state index contributed by atoms with van der Waals surface area (Å²) in [6, 6.07) is 6.97. The molecule has 2 aromatic rings. The number of rotatable bonds is 9. The normalized spacial score (nSPS) is 12.1. The van der Waals surface area contributed by atoms with Crippen molar-refractivity contribution < 1.29 is 13.9 Å². The first kappa shape index (κ1) is 21.6. The van der Waals surface area contributed by atoms with E-state index in [0.717, 1.165) is 23.9 Å². The number of nitrogens with one attached hydrogen (secondary N) is 1. The topological polar surface area (TPSA) is 73.2 Å². The third-order valence-electron chi connectivity index (χ3n) is 4.43. The summed E-state index contributed by atoms with van der Waals surface area (Å²) < 4.78 is 19.7. The van der Waals surface area contributed by atoms with Gasteiger partial charge in [-0.05, 0) is 37.5 Å². The van der Waals surface area contributed by atoms with Crippen molar-refractivity contribution in [3.63, 3.8) is 0 Å². The highest BCUT2D eigenvalue weighted by molar-refractivity contribution is 5.76. The first-order chi connectivity index (χ1) is 13.3. The number of hydrogen-bond donors (Lipinski definition) is 1. The molecule has 0 unspecified atom stereocenters. The number of amides is 1. The van der Waals surface area contributed by atoms with Crippen molar-refractivity contribution >= 4 is 5.91 Å². The summed E-state index contributed by atoms with van der Waals surface area (Å²) in [7, 11) is 1.43. The van der Waals surface area contributed by atoms with E-state index in [1.54, 1.807) is 0 Å². The summed E-state index contributed by atoms with van der Waals surface area (Å²) in [4.78, 5) is 24.4. The molecule has 6 nitrogen and oxygen atoms in total. The van der Waals surface area contributed by atoms with E-state index in [0.29, 0.717) is 22.9 Å². The number of halogens is 1. The molecule has 1 aromatic carbocycles. The van der Waals surface area contributed by atoms with Crippen molar-refractivity contribution in [3.05, 3.63) is 46.5 Å². The van der Waals surface area contributed by atoms with E-state index < -0.39 is 5.82 Å². The Labute approximate surface area is 164 Å². The average Bonchev–Trinajstić information content (AvgIpc) is 2.63. The van der Waals surface area contributed by atoms with Gasteiger partial charge in [-0.1, -0.05) is 26.7 Å². The van der Waals surface area contributed by atoms with Crippen LogP contribution in [-0.4, -0.2) is 28.8 Å². The number of ether oxygens (including phenoxy) is 1. The molecule has 0 fully saturated rings. The second-order valence-corrected chi connectivity index (χ2v) is 7.35. The van der Waals surface area contributed by atoms with E-state index in [1.807, 2.05) is 6.92 Å². The highest BCUT2D eigenvalue weighted by Gasteiger charge is 2.13. The van der Waals surface area contributed by atoms with E-state index in [4.69, 9.17) is 4.74 Å². The van der Waals surface area contributed by atoms with Crippen LogP contribution in [0.5, 0.6) is 5.75 Å². The predicted molar refractivity (Wildman–Crippen MR) is 107 cm³/mol. The van der Waals surface area contributed by atoms with E-state index in [-0.39, 0.29) is 24.1 Å². The highest BCUT2D eigenvalue weighted by Crippen LogP contribution is 2.28. The van der Waals surface area contributed by atoms with Crippen LogP contribution in [0.25, 0.3) is 11.3 Å². The summed E-state index contributed by atoms with van der Waals surface area (Å²) in [5.41, 5.74) is 0.585. The fourth-order valence-electron chi connectivity index (χ4n) is 2.94. The Balaban J connectivity index is 2.09. The number of carbonyl (C=O) groups excluding carboxylic acids is 1. The van der Waals surface area contributed by atoms with Crippen LogP contribution in [0.3, 0.4) is 0 Å². The maximum Gasteiger partial charge on any atom is 0.267 e. The minimum Gasteiger partial charge on any atom is -0.496 e. The predicted octanol–water partition coefficient (Wildman–Crippen LogP) is 3.39. The first-order valence-electron chi connectivity index (χ1n) is 9.51. The Hall–Kier alpha value is -2.70. The Morgan fingerprint density at radius 2 is 1.96 bits per heavy atom. The van der Waals surface area contributed by atoms with Gasteiger partial charge in [0.05, 0.1) is 12.8 Å². The molecule has 7 heteroatoms. The minimum absolute atomic E-state index is 0.0299.